The lowest BCUT2D eigenvalue weighted by Gasteiger charge is -2.32. The lowest BCUT2D eigenvalue weighted by Crippen LogP contribution is -2.47. The number of methoxy groups -OCH3 is 1. The molecule has 1 saturated carbocycles. The zero-order valence-corrected chi connectivity index (χ0v) is 12.9. The molecule has 1 N–H and O–H groups in total. The summed E-state index contributed by atoms with van der Waals surface area (Å²) in [5.74, 6) is 0.581. The predicted molar refractivity (Wildman–Crippen MR) is 80.3 cm³/mol. The van der Waals surface area contributed by atoms with Crippen molar-refractivity contribution in [2.75, 3.05) is 20.3 Å². The average Bonchev–Trinajstić information content (AvgIpc) is 3.19. The van der Waals surface area contributed by atoms with Crippen LogP contribution in [0.5, 0.6) is 0 Å². The van der Waals surface area contributed by atoms with E-state index in [4.69, 9.17) is 4.74 Å². The molecule has 0 unspecified atom stereocenters. The number of ether oxygens (including phenoxy) is 1. The first-order chi connectivity index (χ1) is 10.2. The Morgan fingerprint density at radius 1 is 1.48 bits per heavy atom. The molecule has 2 bridgehead atoms. The van der Waals surface area contributed by atoms with Crippen molar-refractivity contribution in [2.45, 2.75) is 31.3 Å². The van der Waals surface area contributed by atoms with Crippen molar-refractivity contribution in [1.29, 1.82) is 0 Å². The lowest BCUT2D eigenvalue weighted by atomic mass is 10.0. The van der Waals surface area contributed by atoms with Gasteiger partial charge in [-0.25, -0.2) is 0 Å². The number of piperidine rings is 1. The van der Waals surface area contributed by atoms with E-state index in [0.717, 1.165) is 24.3 Å². The number of carbonyl (C=O) groups excluding carboxylic acids is 2. The summed E-state index contributed by atoms with van der Waals surface area (Å²) in [7, 11) is 1.61. The molecule has 114 valence electrons. The highest BCUT2D eigenvalue weighted by molar-refractivity contribution is 7.12. The van der Waals surface area contributed by atoms with Gasteiger partial charge in [0.2, 0.25) is 5.91 Å². The third-order valence-electron chi connectivity index (χ3n) is 4.44. The molecule has 1 aromatic rings. The molecule has 3 rings (SSSR count). The molecule has 1 aliphatic carbocycles. The molecule has 21 heavy (non-hydrogen) atoms. The maximum Gasteiger partial charge on any atom is 0.261 e. The van der Waals surface area contributed by atoms with Crippen LogP contribution in [-0.4, -0.2) is 49.1 Å². The number of nitrogens with zero attached hydrogens (tertiary/aromatic N) is 1. The average molecular weight is 308 g/mol. The third-order valence-corrected chi connectivity index (χ3v) is 5.31. The first kappa shape index (κ1) is 14.5. The zero-order chi connectivity index (χ0) is 14.8. The second-order valence-corrected chi connectivity index (χ2v) is 6.68. The van der Waals surface area contributed by atoms with Crippen LogP contribution in [0.25, 0.3) is 0 Å². The van der Waals surface area contributed by atoms with Crippen molar-refractivity contribution in [3.05, 3.63) is 22.4 Å². The molecule has 6 heteroatoms. The van der Waals surface area contributed by atoms with Gasteiger partial charge >= 0.3 is 0 Å². The molecule has 2 fully saturated rings. The molecule has 2 amide bonds. The number of likely N-dealkylation sites (tertiary alicyclic amines) is 1. The standard InChI is InChI=1S/C15H20N2O3S/c1-20-5-4-14(18)17-9-10-7-11(17)8-12(10)16-15(19)13-3-2-6-21-13/h2-3,6,10-12H,4-5,7-9H2,1H3,(H,16,19)/t10-,11-,12-/m0/s1. The molecule has 3 atom stereocenters. The molecule has 1 aliphatic heterocycles. The number of rotatable bonds is 5. The van der Waals surface area contributed by atoms with Gasteiger partial charge < -0.3 is 15.0 Å². The smallest absolute Gasteiger partial charge is 0.261 e. The van der Waals surface area contributed by atoms with E-state index < -0.39 is 0 Å². The Morgan fingerprint density at radius 3 is 2.95 bits per heavy atom. The van der Waals surface area contributed by atoms with E-state index in [0.29, 0.717) is 18.9 Å². The van der Waals surface area contributed by atoms with Gasteiger partial charge in [0.05, 0.1) is 17.9 Å². The van der Waals surface area contributed by atoms with E-state index in [-0.39, 0.29) is 23.9 Å². The van der Waals surface area contributed by atoms with Crippen molar-refractivity contribution in [1.82, 2.24) is 10.2 Å². The van der Waals surface area contributed by atoms with Gasteiger partial charge in [-0.15, -0.1) is 11.3 Å². The maximum absolute atomic E-state index is 12.1. The Bertz CT molecular complexity index is 517. The summed E-state index contributed by atoms with van der Waals surface area (Å²) in [5.41, 5.74) is 0. The Kier molecular flexibility index (Phi) is 4.26. The molecule has 0 radical (unpaired) electrons. The van der Waals surface area contributed by atoms with E-state index in [9.17, 15) is 9.59 Å². The lowest BCUT2D eigenvalue weighted by molar-refractivity contribution is -0.133. The van der Waals surface area contributed by atoms with Gasteiger partial charge in [-0.05, 0) is 30.2 Å². The normalized spacial score (nSPS) is 27.1. The minimum atomic E-state index is 0.0137. The fourth-order valence-electron chi connectivity index (χ4n) is 3.42. The van der Waals surface area contributed by atoms with E-state index in [1.165, 1.54) is 11.3 Å². The molecule has 1 aromatic heterocycles. The summed E-state index contributed by atoms with van der Waals surface area (Å²) >= 11 is 1.46. The number of carbonyl (C=O) groups is 2. The number of fused-ring (bicyclic) bond motifs is 2. The van der Waals surface area contributed by atoms with Crippen molar-refractivity contribution < 1.29 is 14.3 Å². The van der Waals surface area contributed by atoms with Gasteiger partial charge in [-0.1, -0.05) is 6.07 Å². The van der Waals surface area contributed by atoms with Crippen molar-refractivity contribution in [3.63, 3.8) is 0 Å². The van der Waals surface area contributed by atoms with Gasteiger partial charge in [0, 0.05) is 25.7 Å². The van der Waals surface area contributed by atoms with Gasteiger partial charge in [0.1, 0.15) is 0 Å². The van der Waals surface area contributed by atoms with E-state index in [2.05, 4.69) is 5.32 Å². The topological polar surface area (TPSA) is 58.6 Å². The Balaban J connectivity index is 1.53. The predicted octanol–water partition coefficient (Wildman–Crippen LogP) is 1.50. The van der Waals surface area contributed by atoms with Crippen LogP contribution in [0.4, 0.5) is 0 Å². The fraction of sp³-hybridized carbons (Fsp3) is 0.600. The van der Waals surface area contributed by atoms with Crippen LogP contribution >= 0.6 is 11.3 Å². The van der Waals surface area contributed by atoms with Gasteiger partial charge in [-0.3, -0.25) is 9.59 Å². The van der Waals surface area contributed by atoms with Crippen LogP contribution in [0.15, 0.2) is 17.5 Å². The van der Waals surface area contributed by atoms with Gasteiger partial charge in [0.25, 0.3) is 5.91 Å². The number of hydrogen-bond donors (Lipinski definition) is 1. The molecule has 2 heterocycles. The second kappa shape index (κ2) is 6.15. The van der Waals surface area contributed by atoms with Crippen molar-refractivity contribution in [2.24, 2.45) is 5.92 Å². The van der Waals surface area contributed by atoms with E-state index >= 15 is 0 Å². The molecule has 2 aliphatic rings. The highest BCUT2D eigenvalue weighted by atomic mass is 32.1. The number of hydrogen-bond acceptors (Lipinski definition) is 4. The van der Waals surface area contributed by atoms with E-state index in [1.807, 2.05) is 22.4 Å². The SMILES string of the molecule is COCCC(=O)N1C[C@@H]2C[C@H]1C[C@@H]2NC(=O)c1cccs1. The summed E-state index contributed by atoms with van der Waals surface area (Å²) in [5, 5.41) is 5.03. The van der Waals surface area contributed by atoms with Crippen molar-refractivity contribution in [3.8, 4) is 0 Å². The third kappa shape index (κ3) is 2.96. The minimum absolute atomic E-state index is 0.0137. The first-order valence-electron chi connectivity index (χ1n) is 7.32. The van der Waals surface area contributed by atoms with Crippen LogP contribution in [0.1, 0.15) is 28.9 Å². The largest absolute Gasteiger partial charge is 0.384 e. The van der Waals surface area contributed by atoms with Crippen LogP contribution in [0, 0.1) is 5.92 Å². The van der Waals surface area contributed by atoms with Gasteiger partial charge in [-0.2, -0.15) is 0 Å². The Labute approximate surface area is 128 Å². The molecular formula is C15H20N2O3S. The van der Waals surface area contributed by atoms with E-state index in [1.54, 1.807) is 7.11 Å². The molecule has 1 saturated heterocycles. The van der Waals surface area contributed by atoms with Gasteiger partial charge in [0.15, 0.2) is 0 Å². The summed E-state index contributed by atoms with van der Waals surface area (Å²) < 4.78 is 4.96. The summed E-state index contributed by atoms with van der Waals surface area (Å²) in [6.07, 6.45) is 2.33. The quantitative estimate of drug-likeness (QED) is 0.897. The molecular weight excluding hydrogens is 288 g/mol. The second-order valence-electron chi connectivity index (χ2n) is 5.73. The molecule has 5 nitrogen and oxygen atoms in total. The summed E-state index contributed by atoms with van der Waals surface area (Å²) in [4.78, 5) is 26.9. The number of thiophene rings is 1. The zero-order valence-electron chi connectivity index (χ0n) is 12.1. The maximum atomic E-state index is 12.1. The van der Waals surface area contributed by atoms with Crippen LogP contribution in [-0.2, 0) is 9.53 Å². The molecule has 0 aromatic carbocycles. The fourth-order valence-corrected chi connectivity index (χ4v) is 4.04. The highest BCUT2D eigenvalue weighted by Crippen LogP contribution is 2.38. The Morgan fingerprint density at radius 2 is 2.33 bits per heavy atom. The first-order valence-corrected chi connectivity index (χ1v) is 8.19. The van der Waals surface area contributed by atoms with Crippen molar-refractivity contribution >= 4 is 23.2 Å². The number of amides is 2. The van der Waals surface area contributed by atoms with Crippen LogP contribution < -0.4 is 5.32 Å². The summed E-state index contributed by atoms with van der Waals surface area (Å²) in [6, 6.07) is 4.22. The molecule has 0 spiro atoms. The van der Waals surface area contributed by atoms with Crippen LogP contribution in [0.3, 0.4) is 0 Å². The minimum Gasteiger partial charge on any atom is -0.384 e. The monoisotopic (exact) mass is 308 g/mol. The highest BCUT2D eigenvalue weighted by Gasteiger charge is 2.46. The Hall–Kier alpha value is -1.40. The summed E-state index contributed by atoms with van der Waals surface area (Å²) in [6.45, 7) is 1.24. The van der Waals surface area contributed by atoms with Crippen LogP contribution in [0.2, 0.25) is 0 Å². The number of nitrogens with one attached hydrogen (secondary N) is 1.